The molecule has 0 aliphatic heterocycles. The van der Waals surface area contributed by atoms with Crippen molar-refractivity contribution in [2.24, 2.45) is 5.11 Å². The van der Waals surface area contributed by atoms with E-state index < -0.39 is 0 Å². The van der Waals surface area contributed by atoms with E-state index in [0.717, 1.165) is 21.9 Å². The summed E-state index contributed by atoms with van der Waals surface area (Å²) in [4.78, 5) is 23.6. The molecule has 0 saturated carbocycles. The Bertz CT molecular complexity index is 1480. The standard InChI is InChI=1S/C24H23N5O4.2ClH/c1-5-19-17-12-22(33-4)21(32-3)11-16(17)18(24(30)27-19)10-14-8-13-9-15(31-2)6-7-20(13)26-23(14)28-29-25;;/h6-9,11-12H,5,10H2,1-4H3,(H,27,30);2*1H. The van der Waals surface area contributed by atoms with Crippen molar-refractivity contribution >= 4 is 52.3 Å². The molecule has 0 atom stereocenters. The zero-order chi connectivity index (χ0) is 23.5. The number of fused-ring (bicyclic) bond motifs is 2. The molecule has 0 spiro atoms. The highest BCUT2D eigenvalue weighted by Gasteiger charge is 2.17. The molecule has 9 nitrogen and oxygen atoms in total. The number of H-pyrrole nitrogens is 1. The molecule has 11 heteroatoms. The number of hydrogen-bond donors (Lipinski definition) is 1. The maximum Gasteiger partial charge on any atom is 0.252 e. The van der Waals surface area contributed by atoms with Gasteiger partial charge in [0.1, 0.15) is 11.6 Å². The fraction of sp³-hybridized carbons (Fsp3) is 0.250. The normalized spacial score (nSPS) is 10.2. The van der Waals surface area contributed by atoms with Gasteiger partial charge in [-0.15, -0.1) is 24.8 Å². The van der Waals surface area contributed by atoms with Crippen molar-refractivity contribution in [3.05, 3.63) is 74.0 Å². The number of halogens is 2. The van der Waals surface area contributed by atoms with Gasteiger partial charge in [0, 0.05) is 33.4 Å². The van der Waals surface area contributed by atoms with Crippen molar-refractivity contribution in [3.63, 3.8) is 0 Å². The summed E-state index contributed by atoms with van der Waals surface area (Å²) >= 11 is 0. The summed E-state index contributed by atoms with van der Waals surface area (Å²) in [7, 11) is 4.72. The van der Waals surface area contributed by atoms with Gasteiger partial charge in [0.05, 0.1) is 26.8 Å². The van der Waals surface area contributed by atoms with Crippen LogP contribution in [0.1, 0.15) is 23.7 Å². The number of aromatic amines is 1. The van der Waals surface area contributed by atoms with Crippen molar-refractivity contribution in [1.29, 1.82) is 0 Å². The van der Waals surface area contributed by atoms with E-state index in [1.54, 1.807) is 33.5 Å². The topological polar surface area (TPSA) is 122 Å². The molecule has 184 valence electrons. The maximum atomic E-state index is 13.1. The van der Waals surface area contributed by atoms with E-state index in [9.17, 15) is 4.79 Å². The number of rotatable bonds is 7. The monoisotopic (exact) mass is 517 g/mol. The molecule has 0 saturated heterocycles. The van der Waals surface area contributed by atoms with Crippen LogP contribution in [-0.2, 0) is 12.8 Å². The molecule has 0 unspecified atom stereocenters. The summed E-state index contributed by atoms with van der Waals surface area (Å²) in [6, 6.07) is 11.0. The van der Waals surface area contributed by atoms with Gasteiger partial charge in [0.15, 0.2) is 11.5 Å². The molecular formula is C24H25Cl2N5O4. The van der Waals surface area contributed by atoms with Crippen molar-refractivity contribution in [1.82, 2.24) is 9.97 Å². The highest BCUT2D eigenvalue weighted by atomic mass is 35.5. The first kappa shape index (κ1) is 27.6. The van der Waals surface area contributed by atoms with Crippen LogP contribution >= 0.6 is 24.8 Å². The molecule has 2 heterocycles. The lowest BCUT2D eigenvalue weighted by Gasteiger charge is -2.15. The van der Waals surface area contributed by atoms with Gasteiger partial charge in [0.25, 0.3) is 5.56 Å². The minimum Gasteiger partial charge on any atom is -0.497 e. The van der Waals surface area contributed by atoms with E-state index >= 15 is 0 Å². The molecular weight excluding hydrogens is 493 g/mol. The molecule has 4 aromatic rings. The fourth-order valence-corrected chi connectivity index (χ4v) is 4.00. The van der Waals surface area contributed by atoms with Crippen molar-refractivity contribution < 1.29 is 14.2 Å². The smallest absolute Gasteiger partial charge is 0.252 e. The molecule has 4 rings (SSSR count). The number of methoxy groups -OCH3 is 3. The van der Waals surface area contributed by atoms with Gasteiger partial charge in [-0.25, -0.2) is 4.98 Å². The Labute approximate surface area is 213 Å². The molecule has 2 aromatic carbocycles. The van der Waals surface area contributed by atoms with Crippen LogP contribution in [0.3, 0.4) is 0 Å². The zero-order valence-electron chi connectivity index (χ0n) is 19.6. The van der Waals surface area contributed by atoms with Crippen LogP contribution in [0.5, 0.6) is 17.2 Å². The average Bonchev–Trinajstić information content (AvgIpc) is 2.84. The number of nitrogens with zero attached hydrogens (tertiary/aromatic N) is 4. The van der Waals surface area contributed by atoms with Gasteiger partial charge in [-0.05, 0) is 64.4 Å². The minimum atomic E-state index is -0.218. The molecule has 35 heavy (non-hydrogen) atoms. The highest BCUT2D eigenvalue weighted by molar-refractivity contribution is 5.91. The third-order valence-corrected chi connectivity index (χ3v) is 5.65. The summed E-state index contributed by atoms with van der Waals surface area (Å²) in [5.74, 6) is 2.00. The summed E-state index contributed by atoms with van der Waals surface area (Å²) in [5.41, 5.74) is 11.5. The van der Waals surface area contributed by atoms with Crippen LogP contribution < -0.4 is 19.8 Å². The van der Waals surface area contributed by atoms with Crippen LogP contribution in [0.15, 0.2) is 46.3 Å². The molecule has 0 radical (unpaired) electrons. The summed E-state index contributed by atoms with van der Waals surface area (Å²) in [5, 5.41) is 6.20. The van der Waals surface area contributed by atoms with Gasteiger partial charge < -0.3 is 19.2 Å². The molecule has 0 bridgehead atoms. The minimum absolute atomic E-state index is 0. The predicted octanol–water partition coefficient (Wildman–Crippen LogP) is 6.04. The Morgan fingerprint density at radius 1 is 1.00 bits per heavy atom. The first-order valence-electron chi connectivity index (χ1n) is 10.3. The Morgan fingerprint density at radius 3 is 2.29 bits per heavy atom. The van der Waals surface area contributed by atoms with Crippen molar-refractivity contribution in [2.45, 2.75) is 19.8 Å². The summed E-state index contributed by atoms with van der Waals surface area (Å²) in [6.07, 6.45) is 0.850. The van der Waals surface area contributed by atoms with E-state index in [1.807, 2.05) is 31.2 Å². The number of benzene rings is 2. The van der Waals surface area contributed by atoms with Gasteiger partial charge in [-0.1, -0.05) is 6.92 Å². The van der Waals surface area contributed by atoms with Gasteiger partial charge in [0.2, 0.25) is 0 Å². The number of nitrogens with one attached hydrogen (secondary N) is 1. The number of azide groups is 1. The predicted molar refractivity (Wildman–Crippen MR) is 141 cm³/mol. The number of aryl methyl sites for hydroxylation is 1. The largest absolute Gasteiger partial charge is 0.497 e. The van der Waals surface area contributed by atoms with Crippen LogP contribution in [-0.4, -0.2) is 31.3 Å². The molecule has 0 amide bonds. The van der Waals surface area contributed by atoms with Crippen LogP contribution in [0.25, 0.3) is 32.1 Å². The molecule has 2 aromatic heterocycles. The van der Waals surface area contributed by atoms with E-state index in [-0.39, 0.29) is 42.6 Å². The molecule has 0 fully saturated rings. The van der Waals surface area contributed by atoms with E-state index in [1.165, 1.54) is 0 Å². The molecule has 1 N–H and O–H groups in total. The third-order valence-electron chi connectivity index (χ3n) is 5.65. The van der Waals surface area contributed by atoms with Crippen LogP contribution in [0, 0.1) is 0 Å². The number of aromatic nitrogens is 2. The van der Waals surface area contributed by atoms with Crippen LogP contribution in [0.4, 0.5) is 5.82 Å². The Hall–Kier alpha value is -3.65. The van der Waals surface area contributed by atoms with Crippen molar-refractivity contribution in [2.75, 3.05) is 21.3 Å². The highest BCUT2D eigenvalue weighted by Crippen LogP contribution is 2.35. The number of hydrogen-bond acceptors (Lipinski definition) is 6. The van der Waals surface area contributed by atoms with Gasteiger partial charge in [-0.3, -0.25) is 4.79 Å². The number of ether oxygens (including phenoxy) is 3. The zero-order valence-corrected chi connectivity index (χ0v) is 21.2. The second kappa shape index (κ2) is 11.7. The van der Waals surface area contributed by atoms with Crippen molar-refractivity contribution in [3.8, 4) is 17.2 Å². The lowest BCUT2D eigenvalue weighted by atomic mass is 9.97. The number of pyridine rings is 2. The van der Waals surface area contributed by atoms with Gasteiger partial charge >= 0.3 is 0 Å². The Morgan fingerprint density at radius 2 is 1.69 bits per heavy atom. The van der Waals surface area contributed by atoms with E-state index in [2.05, 4.69) is 20.0 Å². The second-order valence-corrected chi connectivity index (χ2v) is 7.41. The Balaban J connectivity index is 0.00000216. The maximum absolute atomic E-state index is 13.1. The first-order valence-corrected chi connectivity index (χ1v) is 10.3. The first-order chi connectivity index (χ1) is 16.0. The average molecular weight is 518 g/mol. The van der Waals surface area contributed by atoms with E-state index in [4.69, 9.17) is 19.7 Å². The summed E-state index contributed by atoms with van der Waals surface area (Å²) < 4.78 is 16.3. The molecule has 0 aliphatic rings. The molecule has 0 aliphatic carbocycles. The lowest BCUT2D eigenvalue weighted by molar-refractivity contribution is 0.356. The fourth-order valence-electron chi connectivity index (χ4n) is 4.00. The Kier molecular flexibility index (Phi) is 9.19. The second-order valence-electron chi connectivity index (χ2n) is 7.41. The summed E-state index contributed by atoms with van der Waals surface area (Å²) in [6.45, 7) is 1.97. The van der Waals surface area contributed by atoms with Gasteiger partial charge in [-0.2, -0.15) is 0 Å². The third kappa shape index (κ3) is 5.22. The SMILES string of the molecule is CCc1[nH]c(=O)c(Cc2cc3cc(OC)ccc3nc2N=[N+]=[N-])c2cc(OC)c(OC)cc12.Cl.Cl. The van der Waals surface area contributed by atoms with E-state index in [0.29, 0.717) is 40.3 Å². The lowest BCUT2D eigenvalue weighted by Crippen LogP contribution is -2.16. The quantitative estimate of drug-likeness (QED) is 0.182. The van der Waals surface area contributed by atoms with Crippen LogP contribution in [0.2, 0.25) is 0 Å².